The second kappa shape index (κ2) is 3.23. The van der Waals surface area contributed by atoms with E-state index in [1.54, 1.807) is 0 Å². The number of piperidine rings is 1. The summed E-state index contributed by atoms with van der Waals surface area (Å²) in [5, 5.41) is 2.98. The van der Waals surface area contributed by atoms with Crippen LogP contribution in [0.3, 0.4) is 0 Å². The summed E-state index contributed by atoms with van der Waals surface area (Å²) >= 11 is 0. The van der Waals surface area contributed by atoms with Crippen LogP contribution in [0.25, 0.3) is 0 Å². The van der Waals surface area contributed by atoms with Gasteiger partial charge in [-0.25, -0.2) is 0 Å². The number of rotatable bonds is 0. The van der Waals surface area contributed by atoms with E-state index in [2.05, 4.69) is 35.7 Å². The summed E-state index contributed by atoms with van der Waals surface area (Å²) in [4.78, 5) is 11.3. The lowest BCUT2D eigenvalue weighted by atomic mass is 9.81. The van der Waals surface area contributed by atoms with Crippen molar-refractivity contribution in [1.29, 1.82) is 0 Å². The van der Waals surface area contributed by atoms with Gasteiger partial charge in [-0.3, -0.25) is 4.79 Å². The first kappa shape index (κ1) is 8.72. The molecule has 0 spiro atoms. The van der Waals surface area contributed by atoms with Crippen LogP contribution in [0.4, 0.5) is 0 Å². The number of benzene rings is 1. The van der Waals surface area contributed by atoms with Crippen molar-refractivity contribution in [2.24, 2.45) is 0 Å². The fourth-order valence-electron chi connectivity index (χ4n) is 2.54. The first-order chi connectivity index (χ1) is 7.34. The van der Waals surface area contributed by atoms with Gasteiger partial charge in [0.25, 0.3) is 0 Å². The second-order valence-corrected chi connectivity index (χ2v) is 4.20. The van der Waals surface area contributed by atoms with Gasteiger partial charge in [0.1, 0.15) is 0 Å². The van der Waals surface area contributed by atoms with Crippen LogP contribution in [0.15, 0.2) is 36.0 Å². The summed E-state index contributed by atoms with van der Waals surface area (Å²) in [6, 6.07) is 8.53. The van der Waals surface area contributed by atoms with E-state index in [4.69, 9.17) is 0 Å². The Morgan fingerprint density at radius 3 is 3.07 bits per heavy atom. The molecule has 1 atom stereocenters. The maximum atomic E-state index is 11.3. The predicted octanol–water partition coefficient (Wildman–Crippen LogP) is 2.12. The molecule has 1 amide bonds. The van der Waals surface area contributed by atoms with E-state index in [0.717, 1.165) is 18.5 Å². The molecular weight excluding hydrogens is 186 g/mol. The number of fused-ring (bicyclic) bond motifs is 3. The van der Waals surface area contributed by atoms with Gasteiger partial charge < -0.3 is 5.32 Å². The number of nitrogens with one attached hydrogen (secondary N) is 1. The minimum Gasteiger partial charge on any atom is -0.329 e. The van der Waals surface area contributed by atoms with Crippen LogP contribution in [0.2, 0.25) is 0 Å². The maximum Gasteiger partial charge on any atom is 0.224 e. The van der Waals surface area contributed by atoms with Gasteiger partial charge in [0.2, 0.25) is 5.91 Å². The lowest BCUT2D eigenvalue weighted by Gasteiger charge is -2.31. The number of carbonyl (C=O) groups is 1. The standard InChI is InChI=1S/C13H13NO/c15-13-8-6-11-10-4-2-1-3-9(10)5-7-12(11)14-13/h1-4,7,11H,5-6,8H2,(H,14,15). The number of hydrogen-bond acceptors (Lipinski definition) is 1. The van der Waals surface area contributed by atoms with E-state index in [1.807, 2.05) is 0 Å². The highest BCUT2D eigenvalue weighted by Gasteiger charge is 2.28. The molecule has 15 heavy (non-hydrogen) atoms. The van der Waals surface area contributed by atoms with Crippen LogP contribution in [0, 0.1) is 0 Å². The summed E-state index contributed by atoms with van der Waals surface area (Å²) in [6.07, 6.45) is 4.71. The van der Waals surface area contributed by atoms with Gasteiger partial charge in [-0.15, -0.1) is 0 Å². The molecule has 1 N–H and O–H groups in total. The van der Waals surface area contributed by atoms with Gasteiger partial charge in [-0.2, -0.15) is 0 Å². The zero-order chi connectivity index (χ0) is 10.3. The van der Waals surface area contributed by atoms with Crippen LogP contribution >= 0.6 is 0 Å². The van der Waals surface area contributed by atoms with E-state index in [-0.39, 0.29) is 5.91 Å². The molecule has 1 aliphatic heterocycles. The monoisotopic (exact) mass is 199 g/mol. The van der Waals surface area contributed by atoms with Crippen LogP contribution in [0.5, 0.6) is 0 Å². The molecule has 1 saturated heterocycles. The molecule has 2 nitrogen and oxygen atoms in total. The topological polar surface area (TPSA) is 29.1 Å². The van der Waals surface area contributed by atoms with Crippen LogP contribution in [-0.4, -0.2) is 5.91 Å². The molecule has 0 radical (unpaired) electrons. The Labute approximate surface area is 89.0 Å². The maximum absolute atomic E-state index is 11.3. The van der Waals surface area contributed by atoms with E-state index in [9.17, 15) is 4.79 Å². The van der Waals surface area contributed by atoms with E-state index < -0.39 is 0 Å². The highest BCUT2D eigenvalue weighted by atomic mass is 16.1. The molecule has 0 saturated carbocycles. The van der Waals surface area contributed by atoms with Crippen molar-refractivity contribution in [2.45, 2.75) is 25.2 Å². The largest absolute Gasteiger partial charge is 0.329 e. The summed E-state index contributed by atoms with van der Waals surface area (Å²) in [5.74, 6) is 0.588. The van der Waals surface area contributed by atoms with Crippen molar-refractivity contribution in [3.05, 3.63) is 47.2 Å². The zero-order valence-electron chi connectivity index (χ0n) is 8.49. The van der Waals surface area contributed by atoms with Crippen molar-refractivity contribution in [1.82, 2.24) is 5.32 Å². The molecular formula is C13H13NO. The molecule has 1 aromatic rings. The molecule has 2 aliphatic rings. The third-order valence-electron chi connectivity index (χ3n) is 3.29. The summed E-state index contributed by atoms with van der Waals surface area (Å²) in [7, 11) is 0. The van der Waals surface area contributed by atoms with Crippen molar-refractivity contribution in [2.75, 3.05) is 0 Å². The average Bonchev–Trinajstić information content (AvgIpc) is 2.28. The number of amides is 1. The number of carbonyl (C=O) groups excluding carboxylic acids is 1. The summed E-state index contributed by atoms with van der Waals surface area (Å²) < 4.78 is 0. The van der Waals surface area contributed by atoms with E-state index in [1.165, 1.54) is 11.1 Å². The Bertz CT molecular complexity index is 448. The Balaban J connectivity index is 2.03. The van der Waals surface area contributed by atoms with Gasteiger partial charge in [-0.1, -0.05) is 30.3 Å². The van der Waals surface area contributed by atoms with Crippen LogP contribution in [-0.2, 0) is 11.2 Å². The first-order valence-corrected chi connectivity index (χ1v) is 5.42. The first-order valence-electron chi connectivity index (χ1n) is 5.42. The molecule has 1 aliphatic carbocycles. The van der Waals surface area contributed by atoms with Crippen LogP contribution in [0.1, 0.15) is 29.9 Å². The van der Waals surface area contributed by atoms with Gasteiger partial charge in [0.05, 0.1) is 0 Å². The van der Waals surface area contributed by atoms with Crippen molar-refractivity contribution < 1.29 is 4.79 Å². The average molecular weight is 199 g/mol. The fourth-order valence-corrected chi connectivity index (χ4v) is 2.54. The van der Waals surface area contributed by atoms with Gasteiger partial charge in [0.15, 0.2) is 0 Å². The lowest BCUT2D eigenvalue weighted by molar-refractivity contribution is -0.121. The minimum atomic E-state index is 0.164. The third kappa shape index (κ3) is 1.37. The van der Waals surface area contributed by atoms with Crippen LogP contribution < -0.4 is 5.32 Å². The minimum absolute atomic E-state index is 0.164. The molecule has 0 aromatic heterocycles. The number of hydrogen-bond donors (Lipinski definition) is 1. The molecule has 1 aromatic carbocycles. The molecule has 76 valence electrons. The van der Waals surface area contributed by atoms with Gasteiger partial charge in [0, 0.05) is 18.0 Å². The van der Waals surface area contributed by atoms with E-state index >= 15 is 0 Å². The van der Waals surface area contributed by atoms with Crippen molar-refractivity contribution in [3.63, 3.8) is 0 Å². The Kier molecular flexibility index (Phi) is 1.88. The highest BCUT2D eigenvalue weighted by Crippen LogP contribution is 2.36. The zero-order valence-corrected chi connectivity index (χ0v) is 8.49. The number of allylic oxidation sites excluding steroid dienone is 2. The van der Waals surface area contributed by atoms with E-state index in [0.29, 0.717) is 12.3 Å². The predicted molar refractivity (Wildman–Crippen MR) is 58.3 cm³/mol. The van der Waals surface area contributed by atoms with Gasteiger partial charge in [-0.05, 0) is 24.0 Å². The summed E-state index contributed by atoms with van der Waals surface area (Å²) in [6.45, 7) is 0. The highest BCUT2D eigenvalue weighted by molar-refractivity contribution is 5.80. The smallest absolute Gasteiger partial charge is 0.224 e. The Morgan fingerprint density at radius 1 is 1.27 bits per heavy atom. The van der Waals surface area contributed by atoms with Gasteiger partial charge >= 0.3 is 0 Å². The van der Waals surface area contributed by atoms with Crippen molar-refractivity contribution >= 4 is 5.91 Å². The normalized spacial score (nSPS) is 23.6. The Hall–Kier alpha value is -1.57. The fraction of sp³-hybridized carbons (Fsp3) is 0.308. The molecule has 1 fully saturated rings. The lowest BCUT2D eigenvalue weighted by Crippen LogP contribution is -2.33. The SMILES string of the molecule is O=C1CCC2C(=CCc3ccccc32)N1. The second-order valence-electron chi connectivity index (χ2n) is 4.20. The Morgan fingerprint density at radius 2 is 2.13 bits per heavy atom. The molecule has 3 rings (SSSR count). The molecule has 1 unspecified atom stereocenters. The third-order valence-corrected chi connectivity index (χ3v) is 3.29. The quantitative estimate of drug-likeness (QED) is 0.681. The molecule has 0 bridgehead atoms. The summed E-state index contributed by atoms with van der Waals surface area (Å²) in [5.41, 5.74) is 3.92. The van der Waals surface area contributed by atoms with Crippen molar-refractivity contribution in [3.8, 4) is 0 Å². The molecule has 2 heteroatoms. The molecule has 1 heterocycles.